The normalized spacial score (nSPS) is 13.6. The number of hydrogen-bond acceptors (Lipinski definition) is 3. The monoisotopic (exact) mass is 274 g/mol. The van der Waals surface area contributed by atoms with E-state index in [1.165, 1.54) is 19.3 Å². The Balaban J connectivity index is 4.53. The first-order valence-electron chi connectivity index (χ1n) is 7.43. The number of unbranched alkanes of at least 4 members (excludes halogenated alkanes) is 3. The third kappa shape index (κ3) is 5.63. The van der Waals surface area contributed by atoms with Crippen LogP contribution in [0.25, 0.3) is 0 Å². The lowest BCUT2D eigenvalue weighted by molar-refractivity contribution is -0.108. The fraction of sp³-hybridized carbons (Fsp3) is 0.929. The maximum absolute atomic E-state index is 11.4. The van der Waals surface area contributed by atoms with E-state index in [-0.39, 0.29) is 5.54 Å². The molecule has 0 aromatic rings. The predicted molar refractivity (Wildman–Crippen MR) is 78.1 cm³/mol. The van der Waals surface area contributed by atoms with Crippen molar-refractivity contribution in [3.05, 3.63) is 0 Å². The van der Waals surface area contributed by atoms with Crippen LogP contribution in [-0.2, 0) is 13.6 Å². The van der Waals surface area contributed by atoms with E-state index >= 15 is 0 Å². The van der Waals surface area contributed by atoms with Gasteiger partial charge in [0.05, 0.1) is 5.54 Å². The van der Waals surface area contributed by atoms with Crippen LogP contribution in [0.5, 0.6) is 0 Å². The SMILES string of the molecule is CCCCCCC(C=O)[Si](CC)(OCC)OCC. The van der Waals surface area contributed by atoms with Gasteiger partial charge in [0.2, 0.25) is 0 Å². The van der Waals surface area contributed by atoms with Crippen molar-refractivity contribution in [2.75, 3.05) is 13.2 Å². The van der Waals surface area contributed by atoms with E-state index in [1.54, 1.807) is 0 Å². The second-order valence-corrected chi connectivity index (χ2v) is 8.27. The highest BCUT2D eigenvalue weighted by Crippen LogP contribution is 2.31. The molecule has 0 aliphatic carbocycles. The standard InChI is InChI=1S/C14H30O3Si/c1-5-9-10-11-12-14(13-15)18(8-4,16-6-2)17-7-3/h13-14H,5-12H2,1-4H3. The molecule has 0 aliphatic rings. The summed E-state index contributed by atoms with van der Waals surface area (Å²) in [6.07, 6.45) is 6.77. The molecule has 1 unspecified atom stereocenters. The quantitative estimate of drug-likeness (QED) is 0.306. The molecule has 0 bridgehead atoms. The Labute approximate surface area is 113 Å². The van der Waals surface area contributed by atoms with Crippen LogP contribution in [0.3, 0.4) is 0 Å². The first-order chi connectivity index (χ1) is 8.70. The van der Waals surface area contributed by atoms with Gasteiger partial charge >= 0.3 is 8.56 Å². The van der Waals surface area contributed by atoms with E-state index < -0.39 is 8.56 Å². The van der Waals surface area contributed by atoms with Gasteiger partial charge in [-0.25, -0.2) is 0 Å². The summed E-state index contributed by atoms with van der Waals surface area (Å²) in [5.41, 5.74) is -0.0146. The minimum atomic E-state index is -2.33. The van der Waals surface area contributed by atoms with E-state index in [9.17, 15) is 4.79 Å². The molecule has 108 valence electrons. The summed E-state index contributed by atoms with van der Waals surface area (Å²) in [5.74, 6) is 0. The van der Waals surface area contributed by atoms with Crippen molar-refractivity contribution >= 4 is 14.8 Å². The highest BCUT2D eigenvalue weighted by molar-refractivity contribution is 6.71. The van der Waals surface area contributed by atoms with Gasteiger partial charge in [0.1, 0.15) is 6.29 Å². The lowest BCUT2D eigenvalue weighted by Gasteiger charge is -2.33. The van der Waals surface area contributed by atoms with Crippen LogP contribution in [0.4, 0.5) is 0 Å². The van der Waals surface area contributed by atoms with Gasteiger partial charge in [0.15, 0.2) is 0 Å². The molecule has 1 atom stereocenters. The van der Waals surface area contributed by atoms with Crippen LogP contribution in [0, 0.1) is 0 Å². The Hall–Kier alpha value is -0.193. The molecular formula is C14H30O3Si. The molecule has 3 nitrogen and oxygen atoms in total. The summed E-state index contributed by atoms with van der Waals surface area (Å²) in [7, 11) is -2.33. The zero-order valence-corrected chi connectivity index (χ0v) is 13.5. The van der Waals surface area contributed by atoms with E-state index in [0.29, 0.717) is 13.2 Å². The van der Waals surface area contributed by atoms with Gasteiger partial charge in [-0.3, -0.25) is 0 Å². The van der Waals surface area contributed by atoms with Crippen molar-refractivity contribution < 1.29 is 13.6 Å². The Morgan fingerprint density at radius 1 is 1.00 bits per heavy atom. The largest absolute Gasteiger partial charge is 0.394 e. The summed E-state index contributed by atoms with van der Waals surface area (Å²) >= 11 is 0. The molecule has 4 heteroatoms. The Morgan fingerprint density at radius 3 is 2.00 bits per heavy atom. The van der Waals surface area contributed by atoms with Crippen molar-refractivity contribution in [2.24, 2.45) is 0 Å². The molecule has 18 heavy (non-hydrogen) atoms. The molecule has 0 spiro atoms. The average Bonchev–Trinajstić information content (AvgIpc) is 2.38. The average molecular weight is 274 g/mol. The summed E-state index contributed by atoms with van der Waals surface area (Å²) in [6, 6.07) is 0.853. The number of carbonyl (C=O) groups excluding carboxylic acids is 1. The van der Waals surface area contributed by atoms with Crippen LogP contribution in [0.15, 0.2) is 0 Å². The molecule has 0 aliphatic heterocycles. The molecule has 0 N–H and O–H groups in total. The molecule has 0 fully saturated rings. The maximum atomic E-state index is 11.4. The molecule has 0 saturated heterocycles. The second kappa shape index (κ2) is 10.7. The van der Waals surface area contributed by atoms with Crippen molar-refractivity contribution in [1.82, 2.24) is 0 Å². The lowest BCUT2D eigenvalue weighted by atomic mass is 10.1. The smallest absolute Gasteiger partial charge is 0.348 e. The van der Waals surface area contributed by atoms with E-state index in [4.69, 9.17) is 8.85 Å². The molecule has 0 rings (SSSR count). The highest BCUT2D eigenvalue weighted by Gasteiger charge is 2.43. The number of aldehydes is 1. The van der Waals surface area contributed by atoms with E-state index in [1.807, 2.05) is 13.8 Å². The maximum Gasteiger partial charge on any atom is 0.348 e. The number of hydrogen-bond donors (Lipinski definition) is 0. The fourth-order valence-corrected chi connectivity index (χ4v) is 5.67. The Bertz CT molecular complexity index is 203. The third-order valence-electron chi connectivity index (χ3n) is 3.37. The lowest BCUT2D eigenvalue weighted by Crippen LogP contribution is -2.47. The van der Waals surface area contributed by atoms with Crippen LogP contribution < -0.4 is 0 Å². The minimum Gasteiger partial charge on any atom is -0.394 e. The van der Waals surface area contributed by atoms with Crippen molar-refractivity contribution in [1.29, 1.82) is 0 Å². The van der Waals surface area contributed by atoms with Crippen LogP contribution >= 0.6 is 0 Å². The number of carbonyl (C=O) groups is 1. The summed E-state index contributed by atoms with van der Waals surface area (Å²) in [4.78, 5) is 11.4. The number of rotatable bonds is 12. The first-order valence-corrected chi connectivity index (χ1v) is 9.53. The van der Waals surface area contributed by atoms with Gasteiger partial charge in [-0.1, -0.05) is 39.5 Å². The zero-order valence-electron chi connectivity index (χ0n) is 12.5. The molecule has 0 heterocycles. The molecule has 0 saturated carbocycles. The van der Waals surface area contributed by atoms with Crippen LogP contribution in [-0.4, -0.2) is 28.1 Å². The van der Waals surface area contributed by atoms with Crippen molar-refractivity contribution in [2.45, 2.75) is 71.4 Å². The van der Waals surface area contributed by atoms with Crippen molar-refractivity contribution in [3.63, 3.8) is 0 Å². The second-order valence-electron chi connectivity index (χ2n) is 4.62. The van der Waals surface area contributed by atoms with Crippen LogP contribution in [0.1, 0.15) is 59.8 Å². The molecule has 0 radical (unpaired) electrons. The Kier molecular flexibility index (Phi) is 10.6. The third-order valence-corrected chi connectivity index (χ3v) is 7.46. The van der Waals surface area contributed by atoms with Gasteiger partial charge in [0, 0.05) is 13.2 Å². The van der Waals surface area contributed by atoms with E-state index in [0.717, 1.165) is 25.2 Å². The molecule has 0 aromatic carbocycles. The molecule has 0 aromatic heterocycles. The van der Waals surface area contributed by atoms with Crippen LogP contribution in [0.2, 0.25) is 11.6 Å². The molecule has 0 amide bonds. The summed E-state index contributed by atoms with van der Waals surface area (Å²) < 4.78 is 11.8. The summed E-state index contributed by atoms with van der Waals surface area (Å²) in [5, 5.41) is 0. The predicted octanol–water partition coefficient (Wildman–Crippen LogP) is 4.06. The van der Waals surface area contributed by atoms with Gasteiger partial charge in [-0.2, -0.15) is 0 Å². The van der Waals surface area contributed by atoms with Gasteiger partial charge < -0.3 is 13.6 Å². The van der Waals surface area contributed by atoms with Crippen molar-refractivity contribution in [3.8, 4) is 0 Å². The minimum absolute atomic E-state index is 0.0146. The molecular weight excluding hydrogens is 244 g/mol. The van der Waals surface area contributed by atoms with E-state index in [2.05, 4.69) is 13.8 Å². The van der Waals surface area contributed by atoms with Gasteiger partial charge in [-0.05, 0) is 26.3 Å². The summed E-state index contributed by atoms with van der Waals surface area (Å²) in [6.45, 7) is 9.52. The topological polar surface area (TPSA) is 35.5 Å². The first kappa shape index (κ1) is 17.8. The van der Waals surface area contributed by atoms with Gasteiger partial charge in [-0.15, -0.1) is 0 Å². The zero-order chi connectivity index (χ0) is 13.9. The van der Waals surface area contributed by atoms with Gasteiger partial charge in [0.25, 0.3) is 0 Å². The fourth-order valence-electron chi connectivity index (χ4n) is 2.39. The highest BCUT2D eigenvalue weighted by atomic mass is 28.4. The Morgan fingerprint density at radius 2 is 1.61 bits per heavy atom.